The Bertz CT molecular complexity index is 1490. The van der Waals surface area contributed by atoms with Crippen molar-refractivity contribution in [2.45, 2.75) is 72.6 Å². The molecule has 1 aromatic carbocycles. The fourth-order valence-corrected chi connectivity index (χ4v) is 6.87. The van der Waals surface area contributed by atoms with Gasteiger partial charge < -0.3 is 4.90 Å². The SMILES string of the molecule is C=CCCc1sc(C)nc1-c1cccc(-c2cc3nc(C)c(CC)c(N4CCC(C)(CCC=C)CC4)n3n2)c1. The number of aryl methyl sites for hydroxylation is 3. The van der Waals surface area contributed by atoms with E-state index in [9.17, 15) is 0 Å². The maximum Gasteiger partial charge on any atom is 0.158 e. The van der Waals surface area contributed by atoms with Gasteiger partial charge in [0.1, 0.15) is 5.82 Å². The van der Waals surface area contributed by atoms with Gasteiger partial charge in [-0.05, 0) is 70.3 Å². The highest BCUT2D eigenvalue weighted by Crippen LogP contribution is 2.39. The molecule has 0 aliphatic carbocycles. The number of hydrogen-bond acceptors (Lipinski definition) is 5. The summed E-state index contributed by atoms with van der Waals surface area (Å²) >= 11 is 1.78. The van der Waals surface area contributed by atoms with E-state index in [1.54, 1.807) is 11.3 Å². The Kier molecular flexibility index (Phi) is 8.03. The van der Waals surface area contributed by atoms with Gasteiger partial charge in [0, 0.05) is 46.4 Å². The van der Waals surface area contributed by atoms with E-state index >= 15 is 0 Å². The van der Waals surface area contributed by atoms with Crippen LogP contribution in [0.5, 0.6) is 0 Å². The highest BCUT2D eigenvalue weighted by molar-refractivity contribution is 7.12. The van der Waals surface area contributed by atoms with Gasteiger partial charge in [0.15, 0.2) is 5.65 Å². The fraction of sp³-hybridized carbons (Fsp3) is 0.424. The van der Waals surface area contributed by atoms with Crippen molar-refractivity contribution in [2.24, 2.45) is 5.41 Å². The van der Waals surface area contributed by atoms with E-state index in [2.05, 4.69) is 86.7 Å². The standard InChI is InChI=1S/C33H41N5S/c1-7-10-15-29-31(35-24(5)39-29)26-14-12-13-25(21-26)28-22-30-34-23(4)27(9-3)32(38(30)36-28)37-19-17-33(6,18-20-37)16-11-8-2/h7-8,12-14,21-22H,1-2,9-11,15-20H2,3-6H3. The van der Waals surface area contributed by atoms with Gasteiger partial charge in [0.05, 0.1) is 16.4 Å². The molecule has 1 saturated heterocycles. The lowest BCUT2D eigenvalue weighted by Crippen LogP contribution is -2.40. The predicted octanol–water partition coefficient (Wildman–Crippen LogP) is 8.39. The molecular weight excluding hydrogens is 498 g/mol. The molecule has 1 aliphatic heterocycles. The Morgan fingerprint density at radius 1 is 1.03 bits per heavy atom. The second-order valence-corrected chi connectivity index (χ2v) is 12.5. The third-order valence-electron chi connectivity index (χ3n) is 8.27. The van der Waals surface area contributed by atoms with Crippen molar-refractivity contribution in [1.29, 1.82) is 0 Å². The van der Waals surface area contributed by atoms with E-state index in [1.165, 1.54) is 35.5 Å². The number of benzene rings is 1. The lowest BCUT2D eigenvalue weighted by Gasteiger charge is -2.41. The number of allylic oxidation sites excluding steroid dienone is 2. The second kappa shape index (κ2) is 11.5. The number of fused-ring (bicyclic) bond motifs is 1. The minimum absolute atomic E-state index is 0.381. The van der Waals surface area contributed by atoms with Gasteiger partial charge in [-0.1, -0.05) is 44.2 Å². The van der Waals surface area contributed by atoms with Crippen LogP contribution in [0.15, 0.2) is 55.6 Å². The van der Waals surface area contributed by atoms with Crippen molar-refractivity contribution >= 4 is 22.8 Å². The van der Waals surface area contributed by atoms with Crippen molar-refractivity contribution in [3.05, 3.63) is 76.8 Å². The summed E-state index contributed by atoms with van der Waals surface area (Å²) in [4.78, 5) is 13.7. The van der Waals surface area contributed by atoms with Crippen LogP contribution in [-0.2, 0) is 12.8 Å². The summed E-state index contributed by atoms with van der Waals surface area (Å²) in [7, 11) is 0. The number of thiazole rings is 1. The molecule has 5 rings (SSSR count). The third kappa shape index (κ3) is 5.58. The molecule has 0 spiro atoms. The maximum absolute atomic E-state index is 5.17. The average Bonchev–Trinajstić information content (AvgIpc) is 3.53. The number of piperidine rings is 1. The van der Waals surface area contributed by atoms with Crippen LogP contribution in [0.25, 0.3) is 28.2 Å². The molecule has 0 amide bonds. The van der Waals surface area contributed by atoms with Crippen LogP contribution in [0.4, 0.5) is 5.82 Å². The Morgan fingerprint density at radius 2 is 1.77 bits per heavy atom. The summed E-state index contributed by atoms with van der Waals surface area (Å²) in [6.07, 6.45) is 11.6. The van der Waals surface area contributed by atoms with E-state index < -0.39 is 0 Å². The molecule has 6 heteroatoms. The maximum atomic E-state index is 5.17. The summed E-state index contributed by atoms with van der Waals surface area (Å²) in [5.41, 5.74) is 7.96. The van der Waals surface area contributed by atoms with Crippen molar-refractivity contribution in [3.63, 3.8) is 0 Å². The zero-order chi connectivity index (χ0) is 27.6. The molecule has 1 fully saturated rings. The van der Waals surface area contributed by atoms with Crippen molar-refractivity contribution < 1.29 is 0 Å². The van der Waals surface area contributed by atoms with Crippen molar-refractivity contribution in [2.75, 3.05) is 18.0 Å². The van der Waals surface area contributed by atoms with Crippen molar-refractivity contribution in [1.82, 2.24) is 19.6 Å². The number of aromatic nitrogens is 4. The number of rotatable bonds is 10. The Balaban J connectivity index is 1.52. The number of anilines is 1. The van der Waals surface area contributed by atoms with E-state index in [-0.39, 0.29) is 0 Å². The Morgan fingerprint density at radius 3 is 2.49 bits per heavy atom. The molecule has 5 nitrogen and oxygen atoms in total. The van der Waals surface area contributed by atoms with Crippen molar-refractivity contribution in [3.8, 4) is 22.5 Å². The molecule has 0 atom stereocenters. The molecule has 0 unspecified atom stereocenters. The molecular formula is C33H41N5S. The topological polar surface area (TPSA) is 46.3 Å². The van der Waals surface area contributed by atoms with E-state index in [0.29, 0.717) is 5.41 Å². The van der Waals surface area contributed by atoms with Gasteiger partial charge in [0.25, 0.3) is 0 Å². The minimum Gasteiger partial charge on any atom is -0.356 e. The highest BCUT2D eigenvalue weighted by atomic mass is 32.1. The van der Waals surface area contributed by atoms with Gasteiger partial charge in [0.2, 0.25) is 0 Å². The fourth-order valence-electron chi connectivity index (χ4n) is 5.90. The summed E-state index contributed by atoms with van der Waals surface area (Å²) in [6.45, 7) is 18.8. The molecule has 4 heterocycles. The van der Waals surface area contributed by atoms with Crippen LogP contribution in [0.1, 0.15) is 67.1 Å². The van der Waals surface area contributed by atoms with E-state index in [0.717, 1.165) is 77.6 Å². The first-order valence-corrected chi connectivity index (χ1v) is 15.1. The van der Waals surface area contributed by atoms with Gasteiger partial charge >= 0.3 is 0 Å². The van der Waals surface area contributed by atoms with Crippen LogP contribution in [0.3, 0.4) is 0 Å². The smallest absolute Gasteiger partial charge is 0.158 e. The van der Waals surface area contributed by atoms with E-state index in [1.807, 2.05) is 6.08 Å². The molecule has 0 radical (unpaired) electrons. The first-order chi connectivity index (χ1) is 18.9. The van der Waals surface area contributed by atoms with Gasteiger partial charge in [-0.3, -0.25) is 0 Å². The van der Waals surface area contributed by atoms with Crippen LogP contribution >= 0.6 is 11.3 Å². The summed E-state index contributed by atoms with van der Waals surface area (Å²) < 4.78 is 2.10. The minimum atomic E-state index is 0.381. The molecule has 4 aromatic rings. The molecule has 204 valence electrons. The largest absolute Gasteiger partial charge is 0.356 e. The summed E-state index contributed by atoms with van der Waals surface area (Å²) in [5, 5.41) is 6.27. The molecule has 0 N–H and O–H groups in total. The number of nitrogens with zero attached hydrogens (tertiary/aromatic N) is 5. The monoisotopic (exact) mass is 539 g/mol. The molecule has 1 aliphatic rings. The first kappa shape index (κ1) is 27.3. The predicted molar refractivity (Wildman–Crippen MR) is 166 cm³/mol. The average molecular weight is 540 g/mol. The normalized spacial score (nSPS) is 15.1. The summed E-state index contributed by atoms with van der Waals surface area (Å²) in [5.74, 6) is 1.22. The van der Waals surface area contributed by atoms with Gasteiger partial charge in [-0.15, -0.1) is 24.5 Å². The van der Waals surface area contributed by atoms with Crippen LogP contribution in [0.2, 0.25) is 0 Å². The Hall–Kier alpha value is -3.25. The quantitative estimate of drug-likeness (QED) is 0.190. The van der Waals surface area contributed by atoms with E-state index in [4.69, 9.17) is 15.1 Å². The third-order valence-corrected chi connectivity index (χ3v) is 9.30. The molecule has 0 bridgehead atoms. The van der Waals surface area contributed by atoms with Gasteiger partial charge in [-0.2, -0.15) is 9.61 Å². The second-order valence-electron chi connectivity index (χ2n) is 11.2. The van der Waals surface area contributed by atoms with Crippen LogP contribution in [0, 0.1) is 19.3 Å². The molecule has 0 saturated carbocycles. The van der Waals surface area contributed by atoms with Gasteiger partial charge in [-0.25, -0.2) is 9.97 Å². The van der Waals surface area contributed by atoms with Crippen LogP contribution < -0.4 is 4.90 Å². The lowest BCUT2D eigenvalue weighted by atomic mass is 9.76. The Labute approximate surface area is 237 Å². The number of hydrogen-bond donors (Lipinski definition) is 0. The lowest BCUT2D eigenvalue weighted by molar-refractivity contribution is 0.229. The van der Waals surface area contributed by atoms with Crippen LogP contribution in [-0.4, -0.2) is 32.7 Å². The zero-order valence-electron chi connectivity index (χ0n) is 24.0. The molecule has 3 aromatic heterocycles. The first-order valence-electron chi connectivity index (χ1n) is 14.3. The highest BCUT2D eigenvalue weighted by Gasteiger charge is 2.31. The summed E-state index contributed by atoms with van der Waals surface area (Å²) in [6, 6.07) is 10.8. The zero-order valence-corrected chi connectivity index (χ0v) is 24.8. The molecule has 39 heavy (non-hydrogen) atoms.